The summed E-state index contributed by atoms with van der Waals surface area (Å²) < 4.78 is 0. The van der Waals surface area contributed by atoms with Crippen LogP contribution in [0.4, 0.5) is 0 Å². The normalized spacial score (nSPS) is 22.8. The molecule has 1 saturated carbocycles. The summed E-state index contributed by atoms with van der Waals surface area (Å²) in [6, 6.07) is 7.47. The van der Waals surface area contributed by atoms with Gasteiger partial charge in [0.2, 0.25) is 5.91 Å². The number of hydrogen-bond acceptors (Lipinski definition) is 3. The molecule has 1 fully saturated rings. The Kier molecular flexibility index (Phi) is 5.20. The predicted octanol–water partition coefficient (Wildman–Crippen LogP) is 2.02. The maximum atomic E-state index is 12.1. The van der Waals surface area contributed by atoms with Crippen LogP contribution in [0.2, 0.25) is 0 Å². The molecule has 1 amide bonds. The first-order valence-corrected chi connectivity index (χ1v) is 7.46. The number of nitrogens with zero attached hydrogens (tertiary/aromatic N) is 1. The Morgan fingerprint density at radius 2 is 2.00 bits per heavy atom. The first-order chi connectivity index (χ1) is 10.1. The van der Waals surface area contributed by atoms with Gasteiger partial charge in [-0.1, -0.05) is 49.2 Å². The number of nitrogens with one attached hydrogen (secondary N) is 1. The van der Waals surface area contributed by atoms with Gasteiger partial charge in [-0.05, 0) is 24.3 Å². The maximum absolute atomic E-state index is 12.1. The summed E-state index contributed by atoms with van der Waals surface area (Å²) in [7, 11) is 0. The van der Waals surface area contributed by atoms with E-state index in [1.807, 2.05) is 12.1 Å². The Morgan fingerprint density at radius 1 is 1.33 bits per heavy atom. The van der Waals surface area contributed by atoms with Crippen LogP contribution in [0, 0.1) is 5.92 Å². The first kappa shape index (κ1) is 15.4. The second kappa shape index (κ2) is 7.11. The van der Waals surface area contributed by atoms with Crippen LogP contribution in [0.1, 0.15) is 43.7 Å². The summed E-state index contributed by atoms with van der Waals surface area (Å²) in [4.78, 5) is 12.1. The highest BCUT2D eigenvalue weighted by Crippen LogP contribution is 2.23. The van der Waals surface area contributed by atoms with Crippen molar-refractivity contribution in [3.63, 3.8) is 0 Å². The quantitative estimate of drug-likeness (QED) is 0.343. The van der Waals surface area contributed by atoms with Gasteiger partial charge in [-0.25, -0.2) is 0 Å². The highest BCUT2D eigenvalue weighted by molar-refractivity contribution is 5.97. The third-order valence-electron chi connectivity index (χ3n) is 4.18. The van der Waals surface area contributed by atoms with Crippen molar-refractivity contribution >= 4 is 11.7 Å². The van der Waals surface area contributed by atoms with Crippen molar-refractivity contribution in [2.75, 3.05) is 0 Å². The lowest BCUT2D eigenvalue weighted by atomic mass is 9.86. The van der Waals surface area contributed by atoms with E-state index in [9.17, 15) is 4.79 Å². The van der Waals surface area contributed by atoms with Crippen molar-refractivity contribution in [3.05, 3.63) is 35.4 Å². The molecular formula is C16H23N3O2. The Bertz CT molecular complexity index is 511. The molecule has 1 aromatic rings. The van der Waals surface area contributed by atoms with Crippen molar-refractivity contribution in [1.82, 2.24) is 5.32 Å². The molecule has 2 unspecified atom stereocenters. The number of carbonyl (C=O) groups is 1. The van der Waals surface area contributed by atoms with Crippen LogP contribution in [0.25, 0.3) is 0 Å². The predicted molar refractivity (Wildman–Crippen MR) is 82.2 cm³/mol. The maximum Gasteiger partial charge on any atom is 0.224 e. The van der Waals surface area contributed by atoms with E-state index in [0.29, 0.717) is 23.9 Å². The van der Waals surface area contributed by atoms with Crippen LogP contribution < -0.4 is 11.1 Å². The van der Waals surface area contributed by atoms with Crippen LogP contribution in [0.3, 0.4) is 0 Å². The third kappa shape index (κ3) is 4.21. The van der Waals surface area contributed by atoms with Crippen molar-refractivity contribution in [1.29, 1.82) is 0 Å². The van der Waals surface area contributed by atoms with Crippen LogP contribution in [0.5, 0.6) is 0 Å². The number of rotatable bonds is 4. The lowest BCUT2D eigenvalue weighted by molar-refractivity contribution is -0.121. The molecule has 0 aliphatic heterocycles. The molecule has 5 heteroatoms. The van der Waals surface area contributed by atoms with Gasteiger partial charge in [0.05, 0.1) is 6.42 Å². The highest BCUT2D eigenvalue weighted by atomic mass is 16.4. The van der Waals surface area contributed by atoms with Crippen molar-refractivity contribution in [2.24, 2.45) is 16.8 Å². The molecule has 4 N–H and O–H groups in total. The summed E-state index contributed by atoms with van der Waals surface area (Å²) in [6.45, 7) is 2.20. The number of amides is 1. The van der Waals surface area contributed by atoms with Crippen molar-refractivity contribution in [3.8, 4) is 0 Å². The zero-order valence-corrected chi connectivity index (χ0v) is 12.4. The number of benzene rings is 1. The van der Waals surface area contributed by atoms with Gasteiger partial charge in [0, 0.05) is 11.6 Å². The summed E-state index contributed by atoms with van der Waals surface area (Å²) in [5.74, 6) is 0.693. The smallest absolute Gasteiger partial charge is 0.224 e. The lowest BCUT2D eigenvalue weighted by Crippen LogP contribution is -2.41. The molecule has 2 rings (SSSR count). The second-order valence-electron chi connectivity index (χ2n) is 5.79. The molecular weight excluding hydrogens is 266 g/mol. The topological polar surface area (TPSA) is 87.7 Å². The van der Waals surface area contributed by atoms with Gasteiger partial charge < -0.3 is 16.3 Å². The summed E-state index contributed by atoms with van der Waals surface area (Å²) in [5, 5.41) is 14.7. The minimum absolute atomic E-state index is 0.0605. The number of oxime groups is 1. The molecule has 0 heterocycles. The number of amidine groups is 1. The fourth-order valence-electron chi connectivity index (χ4n) is 2.82. The minimum atomic E-state index is 0.0605. The summed E-state index contributed by atoms with van der Waals surface area (Å²) >= 11 is 0. The Hall–Kier alpha value is -2.04. The molecule has 5 nitrogen and oxygen atoms in total. The van der Waals surface area contributed by atoms with E-state index in [1.54, 1.807) is 12.1 Å². The third-order valence-corrected chi connectivity index (χ3v) is 4.18. The second-order valence-corrected chi connectivity index (χ2v) is 5.79. The van der Waals surface area contributed by atoms with E-state index in [-0.39, 0.29) is 11.7 Å². The Morgan fingerprint density at radius 3 is 2.62 bits per heavy atom. The van der Waals surface area contributed by atoms with Crippen molar-refractivity contribution < 1.29 is 10.0 Å². The van der Waals surface area contributed by atoms with Gasteiger partial charge in [0.1, 0.15) is 0 Å². The number of carbonyl (C=O) groups excluding carboxylic acids is 1. The van der Waals surface area contributed by atoms with Gasteiger partial charge in [0.25, 0.3) is 0 Å². The highest BCUT2D eigenvalue weighted by Gasteiger charge is 2.22. The molecule has 1 aliphatic rings. The molecule has 0 radical (unpaired) electrons. The van der Waals surface area contributed by atoms with E-state index in [0.717, 1.165) is 12.0 Å². The zero-order valence-electron chi connectivity index (χ0n) is 12.4. The van der Waals surface area contributed by atoms with Gasteiger partial charge in [0.15, 0.2) is 5.84 Å². The fourth-order valence-corrected chi connectivity index (χ4v) is 2.82. The molecule has 114 valence electrons. The van der Waals surface area contributed by atoms with Crippen LogP contribution >= 0.6 is 0 Å². The molecule has 1 aliphatic carbocycles. The molecule has 0 bridgehead atoms. The van der Waals surface area contributed by atoms with E-state index < -0.39 is 0 Å². The number of nitrogens with two attached hydrogens (primary N) is 1. The minimum Gasteiger partial charge on any atom is -0.409 e. The van der Waals surface area contributed by atoms with Crippen LogP contribution in [-0.4, -0.2) is 23.0 Å². The van der Waals surface area contributed by atoms with E-state index in [2.05, 4.69) is 17.4 Å². The Labute approximate surface area is 125 Å². The zero-order chi connectivity index (χ0) is 15.2. The largest absolute Gasteiger partial charge is 0.409 e. The van der Waals surface area contributed by atoms with Gasteiger partial charge in [-0.15, -0.1) is 0 Å². The van der Waals surface area contributed by atoms with Gasteiger partial charge in [-0.2, -0.15) is 0 Å². The van der Waals surface area contributed by atoms with Crippen LogP contribution in [0.15, 0.2) is 29.4 Å². The standard InChI is InChI=1S/C16H23N3O2/c1-11-4-2-3-5-14(11)18-15(20)10-12-6-8-13(9-7-12)16(17)19-21/h6-9,11,14,21H,2-5,10H2,1H3,(H2,17,19)(H,18,20). The molecule has 21 heavy (non-hydrogen) atoms. The molecule has 2 atom stereocenters. The summed E-state index contributed by atoms with van der Waals surface area (Å²) in [5.41, 5.74) is 7.07. The fraction of sp³-hybridized carbons (Fsp3) is 0.500. The van der Waals surface area contributed by atoms with E-state index in [4.69, 9.17) is 10.9 Å². The van der Waals surface area contributed by atoms with E-state index >= 15 is 0 Å². The average Bonchev–Trinajstić information content (AvgIpc) is 2.49. The molecule has 0 saturated heterocycles. The SMILES string of the molecule is CC1CCCCC1NC(=O)Cc1ccc(C(N)=NO)cc1. The molecule has 0 aromatic heterocycles. The first-order valence-electron chi connectivity index (χ1n) is 7.46. The van der Waals surface area contributed by atoms with Gasteiger partial charge >= 0.3 is 0 Å². The van der Waals surface area contributed by atoms with Crippen molar-refractivity contribution in [2.45, 2.75) is 45.1 Å². The van der Waals surface area contributed by atoms with Crippen LogP contribution in [-0.2, 0) is 11.2 Å². The number of hydrogen-bond donors (Lipinski definition) is 3. The summed E-state index contributed by atoms with van der Waals surface area (Å²) in [6.07, 6.45) is 5.10. The van der Waals surface area contributed by atoms with E-state index in [1.165, 1.54) is 19.3 Å². The molecule has 1 aromatic carbocycles. The lowest BCUT2D eigenvalue weighted by Gasteiger charge is -2.29. The average molecular weight is 289 g/mol. The van der Waals surface area contributed by atoms with Gasteiger partial charge in [-0.3, -0.25) is 4.79 Å². The Balaban J connectivity index is 1.90. The monoisotopic (exact) mass is 289 g/mol. The molecule has 0 spiro atoms.